The number of hydrogen-bond donors (Lipinski definition) is 1. The Morgan fingerprint density at radius 2 is 1.86 bits per heavy atom. The van der Waals surface area contributed by atoms with E-state index in [4.69, 9.17) is 11.5 Å². The molecule has 0 unspecified atom stereocenters. The molecule has 0 aliphatic carbocycles. The normalized spacial score (nSPS) is 8.79. The van der Waals surface area contributed by atoms with Crippen LogP contribution >= 0.6 is 0 Å². The van der Waals surface area contributed by atoms with Crippen molar-refractivity contribution in [2.75, 3.05) is 0 Å². The number of carbonyl (C=O) groups is 2. The molecule has 0 bridgehead atoms. The highest BCUT2D eigenvalue weighted by molar-refractivity contribution is 6.02. The highest BCUT2D eigenvalue weighted by Gasteiger charge is 2.16. The van der Waals surface area contributed by atoms with Gasteiger partial charge < -0.3 is 9.84 Å². The van der Waals surface area contributed by atoms with Gasteiger partial charge in [-0.05, 0) is 12.1 Å². The molecular weight excluding hydrogens is 184 g/mol. The van der Waals surface area contributed by atoms with Crippen LogP contribution in [-0.4, -0.2) is 17.0 Å². The fourth-order valence-electron chi connectivity index (χ4n) is 0.956. The maximum atomic E-state index is 11.1. The van der Waals surface area contributed by atoms with Gasteiger partial charge in [-0.15, -0.1) is 0 Å². The fraction of sp³-hybridized carbons (Fsp3) is 0. The first-order chi connectivity index (χ1) is 6.66. The van der Waals surface area contributed by atoms with Crippen LogP contribution in [0.15, 0.2) is 24.3 Å². The summed E-state index contributed by atoms with van der Waals surface area (Å²) >= 11 is 0. The zero-order valence-electron chi connectivity index (χ0n) is 7.06. The molecule has 0 aromatic heterocycles. The van der Waals surface area contributed by atoms with Crippen LogP contribution in [0.1, 0.15) is 20.7 Å². The second kappa shape index (κ2) is 4.10. The van der Waals surface area contributed by atoms with Gasteiger partial charge in [0.25, 0.3) is 0 Å². The highest BCUT2D eigenvalue weighted by Crippen LogP contribution is 2.09. The molecule has 0 heterocycles. The van der Waals surface area contributed by atoms with E-state index in [1.807, 2.05) is 0 Å². The van der Waals surface area contributed by atoms with E-state index in [0.29, 0.717) is 0 Å². The number of benzene rings is 1. The van der Waals surface area contributed by atoms with Crippen LogP contribution in [0.3, 0.4) is 0 Å². The summed E-state index contributed by atoms with van der Waals surface area (Å²) in [5.74, 6) is -2.04. The quantitative estimate of drug-likeness (QED) is 0.560. The van der Waals surface area contributed by atoms with E-state index in [1.54, 1.807) is 6.11 Å². The van der Waals surface area contributed by atoms with Crippen molar-refractivity contribution in [2.45, 2.75) is 0 Å². The standard InChI is InChI=1S/C10H6O4/c1-2-14-10(13)8-6-4-3-5-7(8)9(11)12/h1,3-6H,(H,11,12). The summed E-state index contributed by atoms with van der Waals surface area (Å²) in [6, 6.07) is 5.67. The third kappa shape index (κ3) is 1.90. The van der Waals surface area contributed by atoms with E-state index in [-0.39, 0.29) is 11.1 Å². The number of hydrogen-bond acceptors (Lipinski definition) is 3. The van der Waals surface area contributed by atoms with Gasteiger partial charge in [0.05, 0.1) is 11.1 Å². The highest BCUT2D eigenvalue weighted by atomic mass is 16.5. The number of carbonyl (C=O) groups excluding carboxylic acids is 1. The minimum atomic E-state index is -1.20. The smallest absolute Gasteiger partial charge is 0.352 e. The van der Waals surface area contributed by atoms with Gasteiger partial charge in [-0.25, -0.2) is 9.59 Å². The molecule has 4 nitrogen and oxygen atoms in total. The topological polar surface area (TPSA) is 63.6 Å². The Balaban J connectivity index is 3.15. The van der Waals surface area contributed by atoms with E-state index in [9.17, 15) is 9.59 Å². The van der Waals surface area contributed by atoms with Crippen molar-refractivity contribution in [3.05, 3.63) is 35.4 Å². The molecule has 0 aliphatic heterocycles. The SMILES string of the molecule is C#COC(=O)c1ccccc1C(=O)O. The summed E-state index contributed by atoms with van der Waals surface area (Å²) in [5, 5.41) is 8.72. The maximum absolute atomic E-state index is 11.1. The predicted molar refractivity (Wildman–Crippen MR) is 47.6 cm³/mol. The third-order valence-corrected chi connectivity index (χ3v) is 1.53. The first kappa shape index (κ1) is 9.81. The number of ether oxygens (including phenoxy) is 1. The van der Waals surface area contributed by atoms with Gasteiger partial charge in [0, 0.05) is 0 Å². The predicted octanol–water partition coefficient (Wildman–Crippen LogP) is 1.13. The van der Waals surface area contributed by atoms with Gasteiger partial charge >= 0.3 is 11.9 Å². The van der Waals surface area contributed by atoms with Crippen molar-refractivity contribution < 1.29 is 19.4 Å². The average molecular weight is 190 g/mol. The van der Waals surface area contributed by atoms with E-state index in [0.717, 1.165) is 0 Å². The minimum absolute atomic E-state index is 0.0575. The van der Waals surface area contributed by atoms with E-state index in [2.05, 4.69) is 4.74 Å². The van der Waals surface area contributed by atoms with Crippen LogP contribution in [0.2, 0.25) is 0 Å². The molecule has 0 amide bonds. The Labute approximate surface area is 80.1 Å². The molecule has 0 fully saturated rings. The summed E-state index contributed by atoms with van der Waals surface area (Å²) in [6.07, 6.45) is 6.44. The van der Waals surface area contributed by atoms with Gasteiger partial charge in [0.2, 0.25) is 0 Å². The Morgan fingerprint density at radius 3 is 2.36 bits per heavy atom. The van der Waals surface area contributed by atoms with E-state index < -0.39 is 11.9 Å². The van der Waals surface area contributed by atoms with Crippen molar-refractivity contribution in [1.82, 2.24) is 0 Å². The maximum Gasteiger partial charge on any atom is 0.352 e. The Hall–Kier alpha value is -2.28. The lowest BCUT2D eigenvalue weighted by molar-refractivity contribution is 0.0649. The molecule has 0 atom stereocenters. The zero-order chi connectivity index (χ0) is 10.6. The number of esters is 1. The lowest BCUT2D eigenvalue weighted by Crippen LogP contribution is -2.09. The van der Waals surface area contributed by atoms with Crippen LogP contribution in [-0.2, 0) is 4.74 Å². The molecule has 1 N–H and O–H groups in total. The molecule has 0 saturated carbocycles. The summed E-state index contributed by atoms with van der Waals surface area (Å²) < 4.78 is 4.24. The first-order valence-electron chi connectivity index (χ1n) is 3.66. The van der Waals surface area contributed by atoms with Crippen molar-refractivity contribution in [3.63, 3.8) is 0 Å². The molecule has 0 saturated heterocycles. The lowest BCUT2D eigenvalue weighted by atomic mass is 10.1. The molecular formula is C10H6O4. The van der Waals surface area contributed by atoms with Gasteiger partial charge in [-0.3, -0.25) is 0 Å². The summed E-state index contributed by atoms with van der Waals surface area (Å²) in [4.78, 5) is 21.8. The molecule has 0 spiro atoms. The molecule has 1 rings (SSSR count). The summed E-state index contributed by atoms with van der Waals surface area (Å²) in [7, 11) is 0. The number of carboxylic acids is 1. The second-order valence-electron chi connectivity index (χ2n) is 2.36. The lowest BCUT2D eigenvalue weighted by Gasteiger charge is -2.01. The molecule has 70 valence electrons. The van der Waals surface area contributed by atoms with Gasteiger partial charge in [0.1, 0.15) is 6.11 Å². The summed E-state index contributed by atoms with van der Waals surface area (Å²) in [5.41, 5.74) is -0.189. The van der Waals surface area contributed by atoms with Gasteiger partial charge in [-0.2, -0.15) is 0 Å². The van der Waals surface area contributed by atoms with Gasteiger partial charge in [-0.1, -0.05) is 18.6 Å². The molecule has 4 heteroatoms. The van der Waals surface area contributed by atoms with Crippen molar-refractivity contribution in [3.8, 4) is 12.5 Å². The number of aromatic carboxylic acids is 1. The number of carboxylic acid groups (broad SMARTS) is 1. The fourth-order valence-corrected chi connectivity index (χ4v) is 0.956. The van der Waals surface area contributed by atoms with E-state index in [1.165, 1.54) is 24.3 Å². The molecule has 1 aromatic carbocycles. The van der Waals surface area contributed by atoms with Crippen LogP contribution in [0.5, 0.6) is 0 Å². The summed E-state index contributed by atoms with van der Waals surface area (Å²) in [6.45, 7) is 0. The number of terminal acetylenes is 1. The first-order valence-corrected chi connectivity index (χ1v) is 3.66. The minimum Gasteiger partial charge on any atom is -0.478 e. The third-order valence-electron chi connectivity index (χ3n) is 1.53. The molecule has 14 heavy (non-hydrogen) atoms. The van der Waals surface area contributed by atoms with Crippen molar-refractivity contribution >= 4 is 11.9 Å². The average Bonchev–Trinajstić information content (AvgIpc) is 2.18. The molecule has 0 radical (unpaired) electrons. The second-order valence-corrected chi connectivity index (χ2v) is 2.36. The molecule has 1 aromatic rings. The Morgan fingerprint density at radius 1 is 1.29 bits per heavy atom. The Bertz CT molecular complexity index is 414. The molecule has 0 aliphatic rings. The van der Waals surface area contributed by atoms with Crippen molar-refractivity contribution in [2.24, 2.45) is 0 Å². The number of rotatable bonds is 2. The van der Waals surface area contributed by atoms with E-state index >= 15 is 0 Å². The van der Waals surface area contributed by atoms with Crippen LogP contribution in [0.25, 0.3) is 0 Å². The van der Waals surface area contributed by atoms with Gasteiger partial charge in [0.15, 0.2) is 0 Å². The largest absolute Gasteiger partial charge is 0.478 e. The van der Waals surface area contributed by atoms with Crippen LogP contribution in [0.4, 0.5) is 0 Å². The van der Waals surface area contributed by atoms with Crippen LogP contribution < -0.4 is 0 Å². The monoisotopic (exact) mass is 190 g/mol. The van der Waals surface area contributed by atoms with Crippen LogP contribution in [0, 0.1) is 12.5 Å². The van der Waals surface area contributed by atoms with Crippen molar-refractivity contribution in [1.29, 1.82) is 0 Å². The Kier molecular flexibility index (Phi) is 2.87. The zero-order valence-corrected chi connectivity index (χ0v) is 7.06.